The summed E-state index contributed by atoms with van der Waals surface area (Å²) >= 11 is 0. The number of hydrogen-bond donors (Lipinski definition) is 2. The van der Waals surface area contributed by atoms with Crippen LogP contribution in [0.5, 0.6) is 5.75 Å². The molecule has 0 aromatic heterocycles. The van der Waals surface area contributed by atoms with Crippen LogP contribution in [-0.2, 0) is 9.59 Å². The molecule has 1 saturated heterocycles. The van der Waals surface area contributed by atoms with Gasteiger partial charge in [-0.15, -0.1) is 12.4 Å². The lowest BCUT2D eigenvalue weighted by molar-refractivity contribution is -0.137. The van der Waals surface area contributed by atoms with E-state index >= 15 is 0 Å². The maximum Gasteiger partial charge on any atom is 0.260 e. The number of benzene rings is 1. The molecule has 134 valence electrons. The van der Waals surface area contributed by atoms with Crippen LogP contribution in [-0.4, -0.2) is 49.0 Å². The second-order valence-electron chi connectivity index (χ2n) is 5.93. The Kier molecular flexibility index (Phi) is 8.57. The van der Waals surface area contributed by atoms with E-state index in [1.54, 1.807) is 4.90 Å². The molecule has 7 heteroatoms. The number of ether oxygens (including phenoxy) is 1. The third-order valence-corrected chi connectivity index (χ3v) is 3.99. The highest BCUT2D eigenvalue weighted by molar-refractivity contribution is 5.85. The highest BCUT2D eigenvalue weighted by Crippen LogP contribution is 2.17. The Morgan fingerprint density at radius 3 is 2.75 bits per heavy atom. The number of amides is 2. The molecule has 0 bridgehead atoms. The molecule has 0 spiro atoms. The van der Waals surface area contributed by atoms with Crippen molar-refractivity contribution in [3.63, 3.8) is 0 Å². The van der Waals surface area contributed by atoms with Gasteiger partial charge in [-0.2, -0.15) is 0 Å². The molecule has 24 heavy (non-hydrogen) atoms. The summed E-state index contributed by atoms with van der Waals surface area (Å²) in [5.41, 5.74) is 5.52. The van der Waals surface area contributed by atoms with Gasteiger partial charge in [-0.25, -0.2) is 0 Å². The van der Waals surface area contributed by atoms with E-state index in [2.05, 4.69) is 5.32 Å². The molecule has 1 heterocycles. The van der Waals surface area contributed by atoms with Crippen molar-refractivity contribution in [2.45, 2.75) is 25.8 Å². The highest BCUT2D eigenvalue weighted by atomic mass is 35.5. The van der Waals surface area contributed by atoms with Crippen molar-refractivity contribution in [2.24, 2.45) is 11.7 Å². The zero-order valence-corrected chi connectivity index (χ0v) is 14.8. The lowest BCUT2D eigenvalue weighted by atomic mass is 9.96. The van der Waals surface area contributed by atoms with Crippen LogP contribution in [0, 0.1) is 5.92 Å². The van der Waals surface area contributed by atoms with E-state index in [1.165, 1.54) is 0 Å². The van der Waals surface area contributed by atoms with Crippen LogP contribution in [0.25, 0.3) is 0 Å². The molecule has 1 aromatic rings. The van der Waals surface area contributed by atoms with Crippen molar-refractivity contribution in [3.05, 3.63) is 30.3 Å². The molecule has 2 amide bonds. The molecule has 2 atom stereocenters. The zero-order valence-electron chi connectivity index (χ0n) is 13.9. The summed E-state index contributed by atoms with van der Waals surface area (Å²) in [5, 5.41) is 2.88. The molecule has 2 rings (SSSR count). The van der Waals surface area contributed by atoms with Crippen molar-refractivity contribution in [1.29, 1.82) is 0 Å². The molecule has 0 radical (unpaired) electrons. The highest BCUT2D eigenvalue weighted by Gasteiger charge is 2.28. The van der Waals surface area contributed by atoms with Crippen molar-refractivity contribution in [3.8, 4) is 5.75 Å². The molecule has 1 aromatic carbocycles. The minimum absolute atomic E-state index is 0. The van der Waals surface area contributed by atoms with Gasteiger partial charge in [0.05, 0.1) is 5.92 Å². The fourth-order valence-corrected chi connectivity index (χ4v) is 2.59. The van der Waals surface area contributed by atoms with Crippen LogP contribution in [0.4, 0.5) is 0 Å². The first-order valence-corrected chi connectivity index (χ1v) is 8.06. The number of likely N-dealkylation sites (tertiary alicyclic amines) is 1. The lowest BCUT2D eigenvalue weighted by Crippen LogP contribution is -2.49. The van der Waals surface area contributed by atoms with Gasteiger partial charge >= 0.3 is 0 Å². The first-order valence-electron chi connectivity index (χ1n) is 8.06. The monoisotopic (exact) mass is 355 g/mol. The summed E-state index contributed by atoms with van der Waals surface area (Å²) < 4.78 is 5.49. The first-order chi connectivity index (χ1) is 11.1. The van der Waals surface area contributed by atoms with E-state index < -0.39 is 0 Å². The quantitative estimate of drug-likeness (QED) is 0.802. The van der Waals surface area contributed by atoms with Crippen molar-refractivity contribution >= 4 is 24.2 Å². The predicted octanol–water partition coefficient (Wildman–Crippen LogP) is 1.19. The summed E-state index contributed by atoms with van der Waals surface area (Å²) in [6.45, 7) is 3.40. The van der Waals surface area contributed by atoms with Crippen molar-refractivity contribution in [1.82, 2.24) is 10.2 Å². The van der Waals surface area contributed by atoms with Crippen LogP contribution >= 0.6 is 12.4 Å². The molecule has 0 saturated carbocycles. The standard InChI is InChI=1S/C17H25N3O3.ClH/c1-13(10-18)19-17(22)14-6-5-9-20(11-14)16(21)12-23-15-7-3-2-4-8-15;/h2-4,7-8,13-14H,5-6,9-12,18H2,1H3,(H,19,22);1H/t13-,14?;/m0./s1. The number of nitrogens with one attached hydrogen (secondary N) is 1. The maximum atomic E-state index is 12.3. The fraction of sp³-hybridized carbons (Fsp3) is 0.529. The number of carbonyl (C=O) groups is 2. The molecular weight excluding hydrogens is 330 g/mol. The van der Waals surface area contributed by atoms with Gasteiger partial charge in [0.25, 0.3) is 5.91 Å². The van der Waals surface area contributed by atoms with Crippen LogP contribution < -0.4 is 15.8 Å². The van der Waals surface area contributed by atoms with E-state index in [-0.39, 0.29) is 42.8 Å². The number of para-hydroxylation sites is 1. The number of nitrogens with zero attached hydrogens (tertiary/aromatic N) is 1. The summed E-state index contributed by atoms with van der Waals surface area (Å²) in [6, 6.07) is 9.20. The molecule has 3 N–H and O–H groups in total. The van der Waals surface area contributed by atoms with Crippen molar-refractivity contribution < 1.29 is 14.3 Å². The fourth-order valence-electron chi connectivity index (χ4n) is 2.59. The first kappa shape index (κ1) is 20.3. The van der Waals surface area contributed by atoms with Gasteiger partial charge < -0.3 is 20.7 Å². The lowest BCUT2D eigenvalue weighted by Gasteiger charge is -2.32. The summed E-state index contributed by atoms with van der Waals surface area (Å²) in [4.78, 5) is 26.2. The Balaban J connectivity index is 0.00000288. The van der Waals surface area contributed by atoms with Gasteiger partial charge in [-0.1, -0.05) is 18.2 Å². The smallest absolute Gasteiger partial charge is 0.260 e. The zero-order chi connectivity index (χ0) is 16.7. The second-order valence-corrected chi connectivity index (χ2v) is 5.93. The van der Waals surface area contributed by atoms with Gasteiger partial charge in [0.2, 0.25) is 5.91 Å². The third kappa shape index (κ3) is 6.02. The molecule has 1 fully saturated rings. The van der Waals surface area contributed by atoms with Crippen LogP contribution in [0.1, 0.15) is 19.8 Å². The molecule has 6 nitrogen and oxygen atoms in total. The molecule has 1 aliphatic heterocycles. The average molecular weight is 356 g/mol. The average Bonchev–Trinajstić information content (AvgIpc) is 2.60. The van der Waals surface area contributed by atoms with Crippen LogP contribution in [0.2, 0.25) is 0 Å². The topological polar surface area (TPSA) is 84.7 Å². The Labute approximate surface area is 149 Å². The minimum atomic E-state index is -0.168. The summed E-state index contributed by atoms with van der Waals surface area (Å²) in [7, 11) is 0. The van der Waals surface area contributed by atoms with Gasteiger partial charge in [0.1, 0.15) is 5.75 Å². The van der Waals surface area contributed by atoms with Crippen LogP contribution in [0.15, 0.2) is 30.3 Å². The summed E-state index contributed by atoms with van der Waals surface area (Å²) in [6.07, 6.45) is 1.62. The van der Waals surface area contributed by atoms with Gasteiger partial charge in [0, 0.05) is 25.7 Å². The normalized spacial score (nSPS) is 18.2. The largest absolute Gasteiger partial charge is 0.484 e. The number of piperidine rings is 1. The molecule has 1 aliphatic rings. The third-order valence-electron chi connectivity index (χ3n) is 3.99. The van der Waals surface area contributed by atoms with E-state index in [9.17, 15) is 9.59 Å². The maximum absolute atomic E-state index is 12.3. The van der Waals surface area contributed by atoms with Gasteiger partial charge in [-0.3, -0.25) is 9.59 Å². The van der Waals surface area contributed by atoms with Crippen LogP contribution in [0.3, 0.4) is 0 Å². The molecular formula is C17H26ClN3O3. The summed E-state index contributed by atoms with van der Waals surface area (Å²) in [5.74, 6) is 0.394. The van der Waals surface area contributed by atoms with Gasteiger partial charge in [0.15, 0.2) is 6.61 Å². The van der Waals surface area contributed by atoms with E-state index in [0.717, 1.165) is 12.8 Å². The van der Waals surface area contributed by atoms with E-state index in [1.807, 2.05) is 37.3 Å². The Hall–Kier alpha value is -1.79. The second kappa shape index (κ2) is 10.2. The number of rotatable bonds is 6. The molecule has 1 unspecified atom stereocenters. The van der Waals surface area contributed by atoms with Gasteiger partial charge in [-0.05, 0) is 31.9 Å². The number of hydrogen-bond acceptors (Lipinski definition) is 4. The van der Waals surface area contributed by atoms with E-state index in [0.29, 0.717) is 25.4 Å². The SMILES string of the molecule is C[C@@H](CN)NC(=O)C1CCCN(C(=O)COc2ccccc2)C1.Cl. The number of carbonyl (C=O) groups excluding carboxylic acids is 2. The Morgan fingerprint density at radius 2 is 2.08 bits per heavy atom. The Morgan fingerprint density at radius 1 is 1.38 bits per heavy atom. The Bertz CT molecular complexity index is 527. The predicted molar refractivity (Wildman–Crippen MR) is 95.1 cm³/mol. The number of nitrogens with two attached hydrogens (primary N) is 1. The van der Waals surface area contributed by atoms with E-state index in [4.69, 9.17) is 10.5 Å². The van der Waals surface area contributed by atoms with Crippen molar-refractivity contribution in [2.75, 3.05) is 26.2 Å². The molecule has 0 aliphatic carbocycles. The number of halogens is 1. The minimum Gasteiger partial charge on any atom is -0.484 e.